The van der Waals surface area contributed by atoms with Gasteiger partial charge in [0.1, 0.15) is 11.9 Å². The predicted octanol–water partition coefficient (Wildman–Crippen LogP) is 5.13. The summed E-state index contributed by atoms with van der Waals surface area (Å²) in [5.74, 6) is 0.249. The van der Waals surface area contributed by atoms with Crippen molar-refractivity contribution in [2.75, 3.05) is 23.8 Å². The third-order valence-electron chi connectivity index (χ3n) is 6.92. The average molecular weight is 584 g/mol. The maximum Gasteiger partial charge on any atom is 0.345 e. The lowest BCUT2D eigenvalue weighted by molar-refractivity contribution is -0.131. The van der Waals surface area contributed by atoms with Gasteiger partial charge in [-0.2, -0.15) is 14.0 Å². The number of rotatable bonds is 12. The molecule has 0 aromatic heterocycles. The highest BCUT2D eigenvalue weighted by molar-refractivity contribution is 7.91. The van der Waals surface area contributed by atoms with Crippen LogP contribution in [0.5, 0.6) is 5.75 Å². The Morgan fingerprint density at radius 3 is 2.37 bits per heavy atom. The van der Waals surface area contributed by atoms with Crippen LogP contribution in [0.3, 0.4) is 0 Å². The number of alkyl halides is 2. The molecule has 0 radical (unpaired) electrons. The smallest absolute Gasteiger partial charge is 0.345 e. The van der Waals surface area contributed by atoms with Crippen molar-refractivity contribution in [1.82, 2.24) is 5.32 Å². The van der Waals surface area contributed by atoms with Gasteiger partial charge in [0.15, 0.2) is 9.84 Å². The van der Waals surface area contributed by atoms with Crippen LogP contribution in [0.1, 0.15) is 41.7 Å². The SMILES string of the molecule is CCS(=O)(=O)c1ccc([C@@H](CC#N)NC(=O)c2ccc(N3C[C@@H](Oc4ccccc4)C[C@H]3COC(F)F)cc2)cc1. The van der Waals surface area contributed by atoms with Gasteiger partial charge in [0, 0.05) is 17.7 Å². The molecule has 8 nitrogen and oxygen atoms in total. The summed E-state index contributed by atoms with van der Waals surface area (Å²) < 4.78 is 60.5. The van der Waals surface area contributed by atoms with Gasteiger partial charge in [-0.15, -0.1) is 0 Å². The minimum absolute atomic E-state index is 0.00784. The van der Waals surface area contributed by atoms with E-state index in [0.717, 1.165) is 5.69 Å². The van der Waals surface area contributed by atoms with E-state index in [1.54, 1.807) is 43.3 Å². The highest BCUT2D eigenvalue weighted by atomic mass is 32.2. The van der Waals surface area contributed by atoms with Gasteiger partial charge >= 0.3 is 6.61 Å². The zero-order valence-corrected chi connectivity index (χ0v) is 23.3. The third-order valence-corrected chi connectivity index (χ3v) is 8.67. The molecule has 0 bridgehead atoms. The van der Waals surface area contributed by atoms with Gasteiger partial charge in [0.05, 0.1) is 48.4 Å². The van der Waals surface area contributed by atoms with Crippen molar-refractivity contribution in [2.24, 2.45) is 0 Å². The fourth-order valence-electron chi connectivity index (χ4n) is 4.77. The summed E-state index contributed by atoms with van der Waals surface area (Å²) in [5, 5.41) is 12.1. The third kappa shape index (κ3) is 7.80. The number of halogens is 2. The van der Waals surface area contributed by atoms with Crippen LogP contribution >= 0.6 is 0 Å². The molecule has 0 aliphatic carbocycles. The van der Waals surface area contributed by atoms with Crippen molar-refractivity contribution in [3.8, 4) is 11.8 Å². The Bertz CT molecular complexity index is 1450. The molecule has 1 aliphatic rings. The number of carbonyl (C=O) groups excluding carboxylic acids is 1. The second kappa shape index (κ2) is 13.6. The maximum atomic E-state index is 13.1. The first kappa shape index (κ1) is 30.0. The lowest BCUT2D eigenvalue weighted by Crippen LogP contribution is -2.34. The van der Waals surface area contributed by atoms with Crippen molar-refractivity contribution < 1.29 is 31.5 Å². The Kier molecular flexibility index (Phi) is 9.91. The Morgan fingerprint density at radius 1 is 1.07 bits per heavy atom. The van der Waals surface area contributed by atoms with Crippen LogP contribution in [0.2, 0.25) is 0 Å². The van der Waals surface area contributed by atoms with E-state index in [0.29, 0.717) is 29.8 Å². The first-order valence-corrected chi connectivity index (χ1v) is 14.8. The summed E-state index contributed by atoms with van der Waals surface area (Å²) in [6, 6.07) is 23.2. The fraction of sp³-hybridized carbons (Fsp3) is 0.333. The fourth-order valence-corrected chi connectivity index (χ4v) is 5.66. The van der Waals surface area contributed by atoms with Gasteiger partial charge in [0.25, 0.3) is 5.91 Å². The normalized spacial score (nSPS) is 17.7. The molecule has 1 aliphatic heterocycles. The molecule has 4 rings (SSSR count). The van der Waals surface area contributed by atoms with E-state index in [1.165, 1.54) is 12.1 Å². The van der Waals surface area contributed by atoms with E-state index in [2.05, 4.69) is 16.1 Å². The maximum absolute atomic E-state index is 13.1. The second-order valence-corrected chi connectivity index (χ2v) is 11.9. The molecule has 0 spiro atoms. The van der Waals surface area contributed by atoms with Crippen molar-refractivity contribution in [1.29, 1.82) is 5.26 Å². The first-order valence-electron chi connectivity index (χ1n) is 13.2. The van der Waals surface area contributed by atoms with Gasteiger partial charge in [-0.05, 0) is 54.1 Å². The van der Waals surface area contributed by atoms with Crippen LogP contribution in [0.25, 0.3) is 0 Å². The first-order chi connectivity index (χ1) is 19.7. The summed E-state index contributed by atoms with van der Waals surface area (Å²) in [6.45, 7) is -1.05. The molecule has 0 saturated carbocycles. The van der Waals surface area contributed by atoms with Crippen molar-refractivity contribution in [3.05, 3.63) is 90.0 Å². The van der Waals surface area contributed by atoms with Crippen LogP contribution in [0.15, 0.2) is 83.8 Å². The number of nitrogens with zero attached hydrogens (tertiary/aromatic N) is 2. The average Bonchev–Trinajstić information content (AvgIpc) is 3.38. The Hall–Kier alpha value is -4.01. The molecule has 11 heteroatoms. The molecular formula is C30H31F2N3O5S. The highest BCUT2D eigenvalue weighted by Gasteiger charge is 2.34. The summed E-state index contributed by atoms with van der Waals surface area (Å²) in [7, 11) is -3.37. The van der Waals surface area contributed by atoms with E-state index in [-0.39, 0.29) is 35.8 Å². The molecule has 1 fully saturated rings. The van der Waals surface area contributed by atoms with Gasteiger partial charge in [0.2, 0.25) is 0 Å². The number of carbonyl (C=O) groups is 1. The standard InChI is InChI=1S/C30H31F2N3O5S/c1-2-41(37,38)27-14-10-21(11-15-27)28(16-17-33)34-29(36)22-8-12-23(13-9-22)35-19-26(18-24(35)20-39-30(31)32)40-25-6-4-3-5-7-25/h3-15,24,26,28,30H,2,16,18-20H2,1H3,(H,34,36)/t24-,26-,28+/m0/s1. The van der Waals surface area contributed by atoms with Crippen LogP contribution in [-0.2, 0) is 14.6 Å². The van der Waals surface area contributed by atoms with E-state index < -0.39 is 28.4 Å². The Morgan fingerprint density at radius 2 is 1.76 bits per heavy atom. The van der Waals surface area contributed by atoms with E-state index in [4.69, 9.17) is 4.74 Å². The summed E-state index contributed by atoms with van der Waals surface area (Å²) >= 11 is 0. The van der Waals surface area contributed by atoms with Crippen LogP contribution in [-0.4, -0.2) is 52.0 Å². The Labute approximate surface area is 238 Å². The summed E-state index contributed by atoms with van der Waals surface area (Å²) in [5.41, 5.74) is 1.68. The molecular weight excluding hydrogens is 552 g/mol. The molecule has 216 valence electrons. The zero-order valence-electron chi connectivity index (χ0n) is 22.5. The number of amides is 1. The van der Waals surface area contributed by atoms with E-state index in [1.807, 2.05) is 35.2 Å². The number of para-hydroxylation sites is 1. The quantitative estimate of drug-likeness (QED) is 0.315. The van der Waals surface area contributed by atoms with Crippen molar-refractivity contribution in [2.45, 2.75) is 49.5 Å². The van der Waals surface area contributed by atoms with Gasteiger partial charge < -0.3 is 19.7 Å². The largest absolute Gasteiger partial charge is 0.489 e. The minimum atomic E-state index is -3.37. The monoisotopic (exact) mass is 583 g/mol. The molecule has 3 atom stereocenters. The highest BCUT2D eigenvalue weighted by Crippen LogP contribution is 2.30. The lowest BCUT2D eigenvalue weighted by Gasteiger charge is -2.26. The number of hydrogen-bond acceptors (Lipinski definition) is 7. The number of anilines is 1. The number of ether oxygens (including phenoxy) is 2. The molecule has 1 heterocycles. The van der Waals surface area contributed by atoms with Gasteiger partial charge in [-0.1, -0.05) is 37.3 Å². The number of nitrogens with one attached hydrogen (secondary N) is 1. The van der Waals surface area contributed by atoms with Crippen LogP contribution in [0, 0.1) is 11.3 Å². The van der Waals surface area contributed by atoms with Crippen molar-refractivity contribution >= 4 is 21.4 Å². The van der Waals surface area contributed by atoms with E-state index >= 15 is 0 Å². The number of benzene rings is 3. The van der Waals surface area contributed by atoms with Crippen LogP contribution in [0.4, 0.5) is 14.5 Å². The van der Waals surface area contributed by atoms with Crippen molar-refractivity contribution in [3.63, 3.8) is 0 Å². The number of nitriles is 1. The lowest BCUT2D eigenvalue weighted by atomic mass is 10.0. The molecule has 41 heavy (non-hydrogen) atoms. The number of hydrogen-bond donors (Lipinski definition) is 1. The molecule has 1 amide bonds. The minimum Gasteiger partial charge on any atom is -0.489 e. The Balaban J connectivity index is 1.46. The number of sulfone groups is 1. The van der Waals surface area contributed by atoms with E-state index in [9.17, 15) is 27.3 Å². The summed E-state index contributed by atoms with van der Waals surface area (Å²) in [6.07, 6.45) is 0.238. The predicted molar refractivity (Wildman–Crippen MR) is 150 cm³/mol. The molecule has 0 unspecified atom stereocenters. The van der Waals surface area contributed by atoms with Crippen LogP contribution < -0.4 is 15.0 Å². The molecule has 1 N–H and O–H groups in total. The molecule has 3 aromatic carbocycles. The molecule has 1 saturated heterocycles. The second-order valence-electron chi connectivity index (χ2n) is 9.60. The summed E-state index contributed by atoms with van der Waals surface area (Å²) in [4.78, 5) is 15.2. The van der Waals surface area contributed by atoms with Gasteiger partial charge in [-0.3, -0.25) is 4.79 Å². The zero-order chi connectivity index (χ0) is 29.4. The van der Waals surface area contributed by atoms with Gasteiger partial charge in [-0.25, -0.2) is 8.42 Å². The topological polar surface area (TPSA) is 109 Å². The molecule has 3 aromatic rings.